The van der Waals surface area contributed by atoms with Gasteiger partial charge in [-0.2, -0.15) is 26.3 Å². The van der Waals surface area contributed by atoms with Gasteiger partial charge < -0.3 is 15.8 Å². The molecule has 0 bridgehead atoms. The zero-order valence-electron chi connectivity index (χ0n) is 10.0. The summed E-state index contributed by atoms with van der Waals surface area (Å²) in [6.07, 6.45) is -15.2. The van der Waals surface area contributed by atoms with E-state index in [4.69, 9.17) is 5.73 Å². The number of hydrogen-bond donors (Lipinski definition) is 2. The van der Waals surface area contributed by atoms with Crippen LogP contribution in [0.5, 0.6) is 5.75 Å². The molecule has 4 nitrogen and oxygen atoms in total. The molecule has 1 aliphatic heterocycles. The van der Waals surface area contributed by atoms with Crippen molar-refractivity contribution in [1.29, 1.82) is 0 Å². The van der Waals surface area contributed by atoms with E-state index >= 15 is 0 Å². The minimum atomic E-state index is -5.61. The number of rotatable bonds is 2. The molecule has 0 spiro atoms. The van der Waals surface area contributed by atoms with Crippen molar-refractivity contribution in [3.8, 4) is 5.75 Å². The van der Waals surface area contributed by atoms with Crippen LogP contribution in [0.25, 0.3) is 0 Å². The van der Waals surface area contributed by atoms with E-state index in [2.05, 4.69) is 10.1 Å². The third-order valence-corrected chi connectivity index (χ3v) is 2.75. The second kappa shape index (κ2) is 4.79. The molecule has 10 heteroatoms. The molecule has 0 aliphatic carbocycles. The number of amides is 1. The van der Waals surface area contributed by atoms with E-state index in [1.54, 1.807) is 0 Å². The molecule has 1 aromatic rings. The van der Waals surface area contributed by atoms with Crippen LogP contribution in [-0.2, 0) is 4.79 Å². The third kappa shape index (κ3) is 3.04. The summed E-state index contributed by atoms with van der Waals surface area (Å²) in [5.74, 6) is -1.28. The molecule has 1 aliphatic rings. The lowest BCUT2D eigenvalue weighted by atomic mass is 10.1. The van der Waals surface area contributed by atoms with Crippen molar-refractivity contribution >= 4 is 11.6 Å². The summed E-state index contributed by atoms with van der Waals surface area (Å²) < 4.78 is 78.2. The number of carbonyl (C=O) groups excluding carboxylic acids is 1. The largest absolute Gasteiger partial charge is 0.471 e. The summed E-state index contributed by atoms with van der Waals surface area (Å²) in [4.78, 5) is 11.2. The van der Waals surface area contributed by atoms with Crippen LogP contribution in [0, 0.1) is 0 Å². The van der Waals surface area contributed by atoms with Crippen LogP contribution in [0.1, 0.15) is 11.6 Å². The Morgan fingerprint density at radius 3 is 2.24 bits per heavy atom. The Balaban J connectivity index is 2.28. The second-order valence-corrected chi connectivity index (χ2v) is 4.30. The van der Waals surface area contributed by atoms with E-state index in [1.165, 1.54) is 0 Å². The summed E-state index contributed by atoms with van der Waals surface area (Å²) in [5, 5.41) is 2.23. The van der Waals surface area contributed by atoms with Crippen LogP contribution < -0.4 is 15.8 Å². The number of benzene rings is 1. The maximum absolute atomic E-state index is 12.4. The summed E-state index contributed by atoms with van der Waals surface area (Å²) in [5.41, 5.74) is 5.75. The topological polar surface area (TPSA) is 64.4 Å². The lowest BCUT2D eigenvalue weighted by Crippen LogP contribution is -2.46. The summed E-state index contributed by atoms with van der Waals surface area (Å²) in [6.45, 7) is 0. The smallest absolute Gasteiger partial charge is 0.434 e. The van der Waals surface area contributed by atoms with Gasteiger partial charge in [-0.3, -0.25) is 4.79 Å². The number of halogens is 6. The molecule has 1 heterocycles. The molecule has 1 unspecified atom stereocenters. The highest BCUT2D eigenvalue weighted by atomic mass is 19.4. The number of carbonyl (C=O) groups is 1. The molecule has 1 atom stereocenters. The maximum atomic E-state index is 12.4. The Morgan fingerprint density at radius 2 is 1.71 bits per heavy atom. The first-order valence-electron chi connectivity index (χ1n) is 5.50. The fourth-order valence-electron chi connectivity index (χ4n) is 1.80. The quantitative estimate of drug-likeness (QED) is 0.825. The van der Waals surface area contributed by atoms with Gasteiger partial charge in [-0.05, 0) is 6.07 Å². The molecular weight excluding hydrogens is 306 g/mol. The number of fused-ring (bicyclic) bond motifs is 1. The molecular formula is C11H8F6N2O2. The van der Waals surface area contributed by atoms with E-state index < -0.39 is 36.2 Å². The fourth-order valence-corrected chi connectivity index (χ4v) is 1.80. The van der Waals surface area contributed by atoms with E-state index in [1.807, 2.05) is 0 Å². The predicted octanol–water partition coefficient (Wildman–Crippen LogP) is 2.51. The van der Waals surface area contributed by atoms with Gasteiger partial charge in [-0.25, -0.2) is 0 Å². The van der Waals surface area contributed by atoms with E-state index in [9.17, 15) is 31.1 Å². The van der Waals surface area contributed by atoms with Crippen molar-refractivity contribution in [3.63, 3.8) is 0 Å². The van der Waals surface area contributed by atoms with Crippen LogP contribution in [0.2, 0.25) is 0 Å². The first-order chi connectivity index (χ1) is 9.50. The zero-order chi connectivity index (χ0) is 16.0. The summed E-state index contributed by atoms with van der Waals surface area (Å²) in [7, 11) is 0. The van der Waals surface area contributed by atoms with Gasteiger partial charge in [-0.15, -0.1) is 0 Å². The van der Waals surface area contributed by atoms with Crippen LogP contribution in [0.15, 0.2) is 18.2 Å². The van der Waals surface area contributed by atoms with Crippen molar-refractivity contribution in [2.24, 2.45) is 5.73 Å². The van der Waals surface area contributed by atoms with Crippen LogP contribution in [0.3, 0.4) is 0 Å². The Kier molecular flexibility index (Phi) is 3.52. The Morgan fingerprint density at radius 1 is 1.14 bits per heavy atom. The fraction of sp³-hybridized carbons (Fsp3) is 0.364. The molecule has 21 heavy (non-hydrogen) atoms. The van der Waals surface area contributed by atoms with E-state index in [0.717, 1.165) is 18.2 Å². The van der Waals surface area contributed by atoms with E-state index in [-0.39, 0.29) is 11.3 Å². The zero-order valence-corrected chi connectivity index (χ0v) is 10.0. The Labute approximate surface area is 113 Å². The van der Waals surface area contributed by atoms with Gasteiger partial charge in [0.25, 0.3) is 6.10 Å². The van der Waals surface area contributed by atoms with Crippen LogP contribution >= 0.6 is 0 Å². The average Bonchev–Trinajstić information content (AvgIpc) is 2.59. The van der Waals surface area contributed by atoms with Gasteiger partial charge in [0.2, 0.25) is 5.91 Å². The number of anilines is 1. The highest BCUT2D eigenvalue weighted by Crippen LogP contribution is 2.38. The lowest BCUT2D eigenvalue weighted by molar-refractivity contribution is -0.299. The highest BCUT2D eigenvalue weighted by molar-refractivity contribution is 6.02. The maximum Gasteiger partial charge on any atom is 0.434 e. The van der Waals surface area contributed by atoms with Crippen molar-refractivity contribution in [2.45, 2.75) is 24.5 Å². The molecule has 1 amide bonds. The van der Waals surface area contributed by atoms with Crippen LogP contribution in [-0.4, -0.2) is 24.4 Å². The van der Waals surface area contributed by atoms with Crippen molar-refractivity contribution in [2.75, 3.05) is 5.32 Å². The van der Waals surface area contributed by atoms with Gasteiger partial charge in [0.05, 0.1) is 0 Å². The van der Waals surface area contributed by atoms with E-state index in [0.29, 0.717) is 0 Å². The van der Waals surface area contributed by atoms with Crippen molar-refractivity contribution < 1.29 is 35.9 Å². The summed E-state index contributed by atoms with van der Waals surface area (Å²) in [6, 6.07) is 1.88. The second-order valence-electron chi connectivity index (χ2n) is 4.30. The molecule has 116 valence electrons. The molecule has 0 aromatic heterocycles. The number of nitrogens with one attached hydrogen (secondary N) is 1. The minimum absolute atomic E-state index is 0.0214. The molecule has 1 aromatic carbocycles. The monoisotopic (exact) mass is 314 g/mol. The third-order valence-electron chi connectivity index (χ3n) is 2.75. The first kappa shape index (κ1) is 15.4. The standard InChI is InChI=1S/C11H8F6N2O2/c12-10(13,14)9(11(15,16)17)21-4-1-2-5-6(3-4)19-8(20)7(5)18/h1-3,7,9H,18H2,(H,19,20). The molecule has 0 fully saturated rings. The number of hydrogen-bond acceptors (Lipinski definition) is 3. The van der Waals surface area contributed by atoms with Gasteiger partial charge >= 0.3 is 12.4 Å². The first-order valence-corrected chi connectivity index (χ1v) is 5.50. The van der Waals surface area contributed by atoms with Crippen molar-refractivity contribution in [3.05, 3.63) is 23.8 Å². The van der Waals surface area contributed by atoms with Crippen molar-refractivity contribution in [1.82, 2.24) is 0 Å². The SMILES string of the molecule is NC1C(=O)Nc2cc(OC(C(F)(F)F)C(F)(F)F)ccc21. The van der Waals surface area contributed by atoms with Gasteiger partial charge in [-0.1, -0.05) is 6.07 Å². The average molecular weight is 314 g/mol. The normalized spacial score (nSPS) is 18.7. The lowest BCUT2D eigenvalue weighted by Gasteiger charge is -2.24. The van der Waals surface area contributed by atoms with Gasteiger partial charge in [0.15, 0.2) is 0 Å². The number of ether oxygens (including phenoxy) is 1. The molecule has 0 saturated carbocycles. The number of nitrogens with two attached hydrogens (primary N) is 1. The molecule has 2 rings (SSSR count). The number of alkyl halides is 6. The molecule has 0 saturated heterocycles. The highest BCUT2D eigenvalue weighted by Gasteiger charge is 2.59. The molecule has 3 N–H and O–H groups in total. The predicted molar refractivity (Wildman–Crippen MR) is 58.5 cm³/mol. The Hall–Kier alpha value is -1.97. The van der Waals surface area contributed by atoms with Gasteiger partial charge in [0.1, 0.15) is 11.8 Å². The van der Waals surface area contributed by atoms with Crippen LogP contribution in [0.4, 0.5) is 32.0 Å². The van der Waals surface area contributed by atoms with Gasteiger partial charge in [0, 0.05) is 17.3 Å². The minimum Gasteiger partial charge on any atom is -0.471 e. The Bertz CT molecular complexity index is 555. The molecule has 0 radical (unpaired) electrons. The summed E-state index contributed by atoms with van der Waals surface area (Å²) >= 11 is 0.